The number of amides is 1. The summed E-state index contributed by atoms with van der Waals surface area (Å²) in [6.45, 7) is 0. The van der Waals surface area contributed by atoms with Crippen LogP contribution < -0.4 is 14.8 Å². The van der Waals surface area contributed by atoms with Crippen LogP contribution in [0.15, 0.2) is 33.4 Å². The van der Waals surface area contributed by atoms with Crippen LogP contribution in [0, 0.1) is 0 Å². The number of rotatable bonds is 4. The van der Waals surface area contributed by atoms with Gasteiger partial charge in [0, 0.05) is 6.07 Å². The van der Waals surface area contributed by atoms with Crippen LogP contribution in [0.5, 0.6) is 11.5 Å². The summed E-state index contributed by atoms with van der Waals surface area (Å²) in [6.07, 6.45) is 0. The van der Waals surface area contributed by atoms with Crippen molar-refractivity contribution in [2.24, 2.45) is 0 Å². The van der Waals surface area contributed by atoms with Crippen molar-refractivity contribution in [2.45, 2.75) is 0 Å². The summed E-state index contributed by atoms with van der Waals surface area (Å²) in [5.41, 5.74) is 0.671. The highest BCUT2D eigenvalue weighted by Gasteiger charge is 2.16. The lowest BCUT2D eigenvalue weighted by Crippen LogP contribution is -2.10. The van der Waals surface area contributed by atoms with Gasteiger partial charge in [0.2, 0.25) is 0 Å². The van der Waals surface area contributed by atoms with Crippen LogP contribution in [0.3, 0.4) is 0 Å². The summed E-state index contributed by atoms with van der Waals surface area (Å²) in [7, 11) is 3.14. The first-order valence-electron chi connectivity index (χ1n) is 6.20. The molecule has 0 aliphatic carbocycles. The van der Waals surface area contributed by atoms with Gasteiger partial charge in [0.1, 0.15) is 17.0 Å². The number of benzene rings is 1. The Kier molecular flexibility index (Phi) is 4.04. The van der Waals surface area contributed by atoms with E-state index in [1.807, 2.05) is 6.07 Å². The second-order valence-electron chi connectivity index (χ2n) is 4.25. The second-order valence-corrected chi connectivity index (χ2v) is 6.07. The third kappa shape index (κ3) is 2.79. The fourth-order valence-corrected chi connectivity index (χ4v) is 3.11. The van der Waals surface area contributed by atoms with Crippen molar-refractivity contribution in [3.05, 3.63) is 34.7 Å². The van der Waals surface area contributed by atoms with Crippen molar-refractivity contribution in [3.63, 3.8) is 0 Å². The van der Waals surface area contributed by atoms with E-state index in [1.165, 1.54) is 11.3 Å². The summed E-state index contributed by atoms with van der Waals surface area (Å²) in [5.74, 6) is 1.10. The normalized spacial score (nSPS) is 10.7. The number of furan rings is 1. The van der Waals surface area contributed by atoms with E-state index < -0.39 is 0 Å². The molecule has 0 saturated carbocycles. The Morgan fingerprint density at radius 1 is 1.32 bits per heavy atom. The molecule has 0 aliphatic rings. The molecule has 22 heavy (non-hydrogen) atoms. The Hall–Kier alpha value is -2.06. The number of methoxy groups -OCH3 is 2. The molecule has 3 rings (SSSR count). The molecule has 3 aromatic rings. The van der Waals surface area contributed by atoms with E-state index in [-0.39, 0.29) is 11.7 Å². The van der Waals surface area contributed by atoms with Gasteiger partial charge in [-0.25, -0.2) is 4.98 Å². The SMILES string of the molecule is COc1cc(OC)c2nc(NC(=O)c3ccc(Br)o3)sc2c1. The standard InChI is InChI=1S/C14H11BrN2O4S/c1-19-7-5-9(20-2)12-10(6-7)22-14(16-12)17-13(18)8-3-4-11(15)21-8/h3-6H,1-2H3,(H,16,17,18). The molecule has 2 aromatic heterocycles. The number of anilines is 1. The predicted molar refractivity (Wildman–Crippen MR) is 87.1 cm³/mol. The first-order chi connectivity index (χ1) is 10.6. The van der Waals surface area contributed by atoms with Gasteiger partial charge in [-0.1, -0.05) is 11.3 Å². The average Bonchev–Trinajstić information content (AvgIpc) is 3.11. The molecule has 114 valence electrons. The minimum atomic E-state index is -0.365. The van der Waals surface area contributed by atoms with Crippen molar-refractivity contribution in [3.8, 4) is 11.5 Å². The Morgan fingerprint density at radius 2 is 2.14 bits per heavy atom. The molecule has 2 heterocycles. The number of fused-ring (bicyclic) bond motifs is 1. The van der Waals surface area contributed by atoms with Gasteiger partial charge in [0.15, 0.2) is 15.6 Å². The fourth-order valence-electron chi connectivity index (χ4n) is 1.90. The molecular weight excluding hydrogens is 372 g/mol. The van der Waals surface area contributed by atoms with E-state index in [2.05, 4.69) is 26.2 Å². The summed E-state index contributed by atoms with van der Waals surface area (Å²) < 4.78 is 17.1. The Labute approximate surface area is 138 Å². The largest absolute Gasteiger partial charge is 0.497 e. The molecule has 1 N–H and O–H groups in total. The number of nitrogens with zero attached hydrogens (tertiary/aromatic N) is 1. The zero-order valence-corrected chi connectivity index (χ0v) is 14.1. The van der Waals surface area contributed by atoms with E-state index in [1.54, 1.807) is 32.4 Å². The van der Waals surface area contributed by atoms with Gasteiger partial charge in [-0.2, -0.15) is 0 Å². The molecule has 0 spiro atoms. The van der Waals surface area contributed by atoms with Gasteiger partial charge >= 0.3 is 0 Å². The van der Waals surface area contributed by atoms with Gasteiger partial charge < -0.3 is 13.9 Å². The third-order valence-electron chi connectivity index (χ3n) is 2.91. The number of ether oxygens (including phenoxy) is 2. The van der Waals surface area contributed by atoms with Crippen molar-refractivity contribution >= 4 is 48.5 Å². The predicted octanol–water partition coefficient (Wildman–Crippen LogP) is 3.92. The van der Waals surface area contributed by atoms with Crippen LogP contribution in [0.2, 0.25) is 0 Å². The Balaban J connectivity index is 1.93. The van der Waals surface area contributed by atoms with Gasteiger partial charge in [-0.15, -0.1) is 0 Å². The van der Waals surface area contributed by atoms with Crippen LogP contribution in [0.1, 0.15) is 10.6 Å². The summed E-state index contributed by atoms with van der Waals surface area (Å²) >= 11 is 4.49. The van der Waals surface area contributed by atoms with Gasteiger partial charge in [-0.3, -0.25) is 10.1 Å². The van der Waals surface area contributed by atoms with Crippen LogP contribution in [0.4, 0.5) is 5.13 Å². The van der Waals surface area contributed by atoms with Crippen molar-refractivity contribution in [1.82, 2.24) is 4.98 Å². The maximum atomic E-state index is 12.1. The van der Waals surface area contributed by atoms with Crippen molar-refractivity contribution < 1.29 is 18.7 Å². The maximum absolute atomic E-state index is 12.1. The minimum Gasteiger partial charge on any atom is -0.497 e. The molecule has 0 aliphatic heterocycles. The van der Waals surface area contributed by atoms with E-state index in [0.717, 1.165) is 4.70 Å². The van der Waals surface area contributed by atoms with E-state index in [4.69, 9.17) is 13.9 Å². The zero-order chi connectivity index (χ0) is 15.7. The van der Waals surface area contributed by atoms with Gasteiger partial charge in [0.25, 0.3) is 5.91 Å². The van der Waals surface area contributed by atoms with Crippen molar-refractivity contribution in [1.29, 1.82) is 0 Å². The fraction of sp³-hybridized carbons (Fsp3) is 0.143. The summed E-state index contributed by atoms with van der Waals surface area (Å²) in [6, 6.07) is 6.82. The smallest absolute Gasteiger partial charge is 0.293 e. The number of aromatic nitrogens is 1. The lowest BCUT2D eigenvalue weighted by atomic mass is 10.3. The quantitative estimate of drug-likeness (QED) is 0.739. The molecule has 0 unspecified atom stereocenters. The average molecular weight is 383 g/mol. The number of nitrogens with one attached hydrogen (secondary N) is 1. The lowest BCUT2D eigenvalue weighted by Gasteiger charge is -2.03. The molecule has 0 radical (unpaired) electrons. The molecule has 1 aromatic carbocycles. The summed E-state index contributed by atoms with van der Waals surface area (Å²) in [5, 5.41) is 3.16. The number of halogens is 1. The maximum Gasteiger partial charge on any atom is 0.293 e. The molecule has 0 fully saturated rings. The van der Waals surface area contributed by atoms with Crippen LogP contribution in [0.25, 0.3) is 10.2 Å². The van der Waals surface area contributed by atoms with Gasteiger partial charge in [0.05, 0.1) is 18.9 Å². The first-order valence-corrected chi connectivity index (χ1v) is 7.81. The number of carbonyl (C=O) groups excluding carboxylic acids is 1. The number of hydrogen-bond acceptors (Lipinski definition) is 6. The Bertz CT molecular complexity index is 843. The number of hydrogen-bond donors (Lipinski definition) is 1. The third-order valence-corrected chi connectivity index (χ3v) is 4.25. The monoisotopic (exact) mass is 382 g/mol. The van der Waals surface area contributed by atoms with E-state index >= 15 is 0 Å². The van der Waals surface area contributed by atoms with Gasteiger partial charge in [-0.05, 0) is 34.1 Å². The lowest BCUT2D eigenvalue weighted by molar-refractivity contribution is 0.0995. The van der Waals surface area contributed by atoms with Crippen LogP contribution in [-0.2, 0) is 0 Å². The molecule has 1 amide bonds. The first kappa shape index (κ1) is 14.9. The highest BCUT2D eigenvalue weighted by atomic mass is 79.9. The number of carbonyl (C=O) groups is 1. The van der Waals surface area contributed by atoms with E-state index in [0.29, 0.717) is 26.8 Å². The molecular formula is C14H11BrN2O4S. The minimum absolute atomic E-state index is 0.204. The highest BCUT2D eigenvalue weighted by molar-refractivity contribution is 9.10. The molecule has 6 nitrogen and oxygen atoms in total. The van der Waals surface area contributed by atoms with Crippen LogP contribution in [-0.4, -0.2) is 25.1 Å². The molecule has 0 atom stereocenters. The molecule has 8 heteroatoms. The summed E-state index contributed by atoms with van der Waals surface area (Å²) in [4.78, 5) is 16.5. The van der Waals surface area contributed by atoms with E-state index in [9.17, 15) is 4.79 Å². The van der Waals surface area contributed by atoms with Crippen LogP contribution >= 0.6 is 27.3 Å². The molecule has 0 bridgehead atoms. The zero-order valence-electron chi connectivity index (χ0n) is 11.7. The topological polar surface area (TPSA) is 73.6 Å². The Morgan fingerprint density at radius 3 is 2.77 bits per heavy atom. The van der Waals surface area contributed by atoms with Crippen molar-refractivity contribution in [2.75, 3.05) is 19.5 Å². The number of thiazole rings is 1. The highest BCUT2D eigenvalue weighted by Crippen LogP contribution is 2.36. The molecule has 0 saturated heterocycles. The second kappa shape index (κ2) is 5.98.